The lowest BCUT2D eigenvalue weighted by molar-refractivity contribution is -0.0498. The monoisotopic (exact) mass is 533 g/mol. The van der Waals surface area contributed by atoms with Crippen LogP contribution in [-0.2, 0) is 4.74 Å². The number of amides is 1. The van der Waals surface area contributed by atoms with E-state index in [2.05, 4.69) is 26.0 Å². The zero-order chi connectivity index (χ0) is 24.2. The van der Waals surface area contributed by atoms with Gasteiger partial charge in [-0.1, -0.05) is 28.1 Å². The van der Waals surface area contributed by atoms with Crippen LogP contribution in [0.4, 0.5) is 19.3 Å². The molecule has 3 aromatic carbocycles. The third-order valence-electron chi connectivity index (χ3n) is 4.98. The van der Waals surface area contributed by atoms with Gasteiger partial charge in [-0.15, -0.1) is 0 Å². The van der Waals surface area contributed by atoms with Gasteiger partial charge in [-0.05, 0) is 54.6 Å². The zero-order valence-electron chi connectivity index (χ0n) is 17.7. The minimum atomic E-state index is -2.96. The number of alkyl halides is 2. The van der Waals surface area contributed by atoms with E-state index in [4.69, 9.17) is 14.2 Å². The molecule has 1 aliphatic rings. The molecule has 1 aliphatic heterocycles. The molecule has 0 radical (unpaired) electrons. The summed E-state index contributed by atoms with van der Waals surface area (Å²) in [7, 11) is 1.51. The molecule has 10 heteroatoms. The van der Waals surface area contributed by atoms with E-state index in [0.29, 0.717) is 21.5 Å². The lowest BCUT2D eigenvalue weighted by atomic mass is 9.93. The second-order valence-electron chi connectivity index (χ2n) is 7.17. The number of Topliss-reactive ketones (excluding diaryl/α,β-unsaturated/α-hetero) is 1. The van der Waals surface area contributed by atoms with Crippen LogP contribution in [0.25, 0.3) is 0 Å². The van der Waals surface area contributed by atoms with Crippen LogP contribution >= 0.6 is 15.9 Å². The number of hydrogen-bond donors (Lipinski definition) is 1. The molecular weight excluding hydrogens is 516 g/mol. The molecule has 176 valence electrons. The van der Waals surface area contributed by atoms with E-state index >= 15 is 0 Å². The van der Waals surface area contributed by atoms with E-state index in [1.54, 1.807) is 42.5 Å². The number of hydrogen-bond acceptors (Lipinski definition) is 6. The molecule has 7 nitrogen and oxygen atoms in total. The first kappa shape index (κ1) is 23.5. The number of nitrogens with one attached hydrogen (secondary N) is 1. The Hall–Kier alpha value is -3.66. The predicted molar refractivity (Wildman–Crippen MR) is 122 cm³/mol. The first-order valence-electron chi connectivity index (χ1n) is 10.0. The predicted octanol–water partition coefficient (Wildman–Crippen LogP) is 5.99. The maximum Gasteiger partial charge on any atom is 0.412 e. The fraction of sp³-hybridized carbons (Fsp3) is 0.167. The van der Waals surface area contributed by atoms with Gasteiger partial charge < -0.3 is 18.9 Å². The van der Waals surface area contributed by atoms with Crippen LogP contribution in [0.5, 0.6) is 17.2 Å². The quantitative estimate of drug-likeness (QED) is 0.418. The molecule has 1 heterocycles. The Labute approximate surface area is 201 Å². The summed E-state index contributed by atoms with van der Waals surface area (Å²) in [5, 5.41) is 2.47. The van der Waals surface area contributed by atoms with Gasteiger partial charge in [0.25, 0.3) is 0 Å². The van der Waals surface area contributed by atoms with Crippen LogP contribution in [0.15, 0.2) is 71.2 Å². The Morgan fingerprint density at radius 3 is 2.53 bits per heavy atom. The number of fused-ring (bicyclic) bond motifs is 1. The normalized spacial score (nSPS) is 16.9. The molecular formula is C24H18BrF2NO6. The average Bonchev–Trinajstić information content (AvgIpc) is 2.82. The molecule has 0 aromatic heterocycles. The molecule has 0 bridgehead atoms. The number of benzene rings is 3. The van der Waals surface area contributed by atoms with Crippen molar-refractivity contribution in [1.29, 1.82) is 0 Å². The van der Waals surface area contributed by atoms with Crippen LogP contribution < -0.4 is 19.5 Å². The van der Waals surface area contributed by atoms with Gasteiger partial charge in [0, 0.05) is 15.7 Å². The maximum atomic E-state index is 13.3. The Morgan fingerprint density at radius 2 is 1.82 bits per heavy atom. The van der Waals surface area contributed by atoms with Gasteiger partial charge in [0.2, 0.25) is 11.9 Å². The van der Waals surface area contributed by atoms with Crippen LogP contribution in [0.1, 0.15) is 22.0 Å². The van der Waals surface area contributed by atoms with Gasteiger partial charge in [0.15, 0.2) is 6.10 Å². The van der Waals surface area contributed by atoms with Crippen molar-refractivity contribution in [2.75, 3.05) is 12.4 Å². The van der Waals surface area contributed by atoms with Crippen molar-refractivity contribution in [3.63, 3.8) is 0 Å². The minimum absolute atomic E-state index is 0.0648. The fourth-order valence-electron chi connectivity index (χ4n) is 3.45. The highest BCUT2D eigenvalue weighted by Crippen LogP contribution is 2.38. The summed E-state index contributed by atoms with van der Waals surface area (Å²) in [5.41, 5.74) is 1.10. The number of halogens is 3. The fourth-order valence-corrected chi connectivity index (χ4v) is 3.81. The van der Waals surface area contributed by atoms with Crippen LogP contribution in [0, 0.1) is 0 Å². The van der Waals surface area contributed by atoms with Gasteiger partial charge >= 0.3 is 12.7 Å². The molecule has 34 heavy (non-hydrogen) atoms. The maximum absolute atomic E-state index is 13.3. The largest absolute Gasteiger partial charge is 0.497 e. The Morgan fingerprint density at radius 1 is 1.06 bits per heavy atom. The minimum Gasteiger partial charge on any atom is -0.497 e. The number of methoxy groups -OCH3 is 1. The number of ketones is 1. The van der Waals surface area contributed by atoms with E-state index in [1.165, 1.54) is 31.4 Å². The van der Waals surface area contributed by atoms with Crippen molar-refractivity contribution in [2.24, 2.45) is 0 Å². The Bertz CT molecular complexity index is 1200. The standard InChI is InChI=1S/C24H18BrF2NO6/c1-31-17-4-2-3-13(11-17)21-22(20(29)18-12-14(25)5-10-19(18)33-21)34-24(30)28-15-6-8-16(9-7-15)32-23(26)27/h2-12,21-23H,1H3,(H,28,30)/t21-,22-/m0/s1. The summed E-state index contributed by atoms with van der Waals surface area (Å²) < 4.78 is 46.4. The Kier molecular flexibility index (Phi) is 6.97. The lowest BCUT2D eigenvalue weighted by Crippen LogP contribution is -2.40. The van der Waals surface area contributed by atoms with Crippen LogP contribution in [0.3, 0.4) is 0 Å². The van der Waals surface area contributed by atoms with Gasteiger partial charge in [-0.25, -0.2) is 4.79 Å². The van der Waals surface area contributed by atoms with E-state index in [-0.39, 0.29) is 17.0 Å². The highest BCUT2D eigenvalue weighted by molar-refractivity contribution is 9.10. The topological polar surface area (TPSA) is 83.1 Å². The van der Waals surface area contributed by atoms with Crippen molar-refractivity contribution in [2.45, 2.75) is 18.8 Å². The summed E-state index contributed by atoms with van der Waals surface area (Å²) in [6.45, 7) is -2.96. The summed E-state index contributed by atoms with van der Waals surface area (Å²) >= 11 is 3.33. The van der Waals surface area contributed by atoms with Crippen LogP contribution in [-0.4, -0.2) is 31.7 Å². The number of carbonyl (C=O) groups is 2. The third kappa shape index (κ3) is 5.28. The zero-order valence-corrected chi connectivity index (χ0v) is 19.3. The van der Waals surface area contributed by atoms with Gasteiger partial charge in [0.05, 0.1) is 12.7 Å². The second-order valence-corrected chi connectivity index (χ2v) is 8.09. The van der Waals surface area contributed by atoms with Crippen molar-refractivity contribution in [3.8, 4) is 17.2 Å². The number of rotatable bonds is 6. The van der Waals surface area contributed by atoms with Crippen molar-refractivity contribution >= 4 is 33.5 Å². The molecule has 0 fully saturated rings. The summed E-state index contributed by atoms with van der Waals surface area (Å²) in [6, 6.07) is 17.2. The summed E-state index contributed by atoms with van der Waals surface area (Å²) in [4.78, 5) is 26.0. The number of anilines is 1. The molecule has 1 amide bonds. The highest BCUT2D eigenvalue weighted by Gasteiger charge is 2.41. The molecule has 0 saturated heterocycles. The first-order valence-corrected chi connectivity index (χ1v) is 10.8. The molecule has 2 atom stereocenters. The first-order chi connectivity index (χ1) is 16.3. The number of ether oxygens (including phenoxy) is 4. The lowest BCUT2D eigenvalue weighted by Gasteiger charge is -2.32. The van der Waals surface area contributed by atoms with Crippen molar-refractivity contribution in [1.82, 2.24) is 0 Å². The van der Waals surface area contributed by atoms with Crippen molar-refractivity contribution < 1.29 is 37.3 Å². The number of carbonyl (C=O) groups excluding carboxylic acids is 2. The molecule has 0 saturated carbocycles. The van der Waals surface area contributed by atoms with Gasteiger partial charge in [0.1, 0.15) is 17.2 Å². The molecule has 0 spiro atoms. The highest BCUT2D eigenvalue weighted by atomic mass is 79.9. The molecule has 0 unspecified atom stereocenters. The summed E-state index contributed by atoms with van der Waals surface area (Å²) in [6.07, 6.45) is -3.14. The third-order valence-corrected chi connectivity index (χ3v) is 5.47. The van der Waals surface area contributed by atoms with E-state index in [1.807, 2.05) is 0 Å². The van der Waals surface area contributed by atoms with Gasteiger partial charge in [-0.2, -0.15) is 8.78 Å². The van der Waals surface area contributed by atoms with Crippen LogP contribution in [0.2, 0.25) is 0 Å². The smallest absolute Gasteiger partial charge is 0.412 e. The van der Waals surface area contributed by atoms with Gasteiger partial charge in [-0.3, -0.25) is 10.1 Å². The van der Waals surface area contributed by atoms with E-state index in [9.17, 15) is 18.4 Å². The van der Waals surface area contributed by atoms with E-state index < -0.39 is 30.7 Å². The molecule has 3 aromatic rings. The summed E-state index contributed by atoms with van der Waals surface area (Å²) in [5.74, 6) is 0.400. The molecule has 0 aliphatic carbocycles. The average molecular weight is 534 g/mol. The molecule has 1 N–H and O–H groups in total. The second kappa shape index (κ2) is 10.1. The van der Waals surface area contributed by atoms with E-state index in [0.717, 1.165) is 0 Å². The Balaban J connectivity index is 1.58. The molecule has 4 rings (SSSR count). The van der Waals surface area contributed by atoms with Crippen molar-refractivity contribution in [3.05, 3.63) is 82.3 Å². The SMILES string of the molecule is COc1cccc([C@@H]2Oc3ccc(Br)cc3C(=O)[C@@H]2OC(=O)Nc2ccc(OC(F)F)cc2)c1.